The summed E-state index contributed by atoms with van der Waals surface area (Å²) in [5, 5.41) is 9.51. The molecule has 2 heterocycles. The van der Waals surface area contributed by atoms with Gasteiger partial charge in [0.05, 0.1) is 17.3 Å². The van der Waals surface area contributed by atoms with Crippen LogP contribution in [0.5, 0.6) is 0 Å². The van der Waals surface area contributed by atoms with Gasteiger partial charge in [0.1, 0.15) is 5.82 Å². The summed E-state index contributed by atoms with van der Waals surface area (Å²) in [6.45, 7) is 3.10. The average Bonchev–Trinajstić information content (AvgIpc) is 2.93. The first-order valence-corrected chi connectivity index (χ1v) is 7.04. The highest BCUT2D eigenvalue weighted by atomic mass is 19.4. The van der Waals surface area contributed by atoms with Crippen LogP contribution in [0.25, 0.3) is 22.0 Å². The molecule has 8 heteroatoms. The molecule has 5 nitrogen and oxygen atoms in total. The summed E-state index contributed by atoms with van der Waals surface area (Å²) in [7, 11) is 0. The highest BCUT2D eigenvalue weighted by Gasteiger charge is 2.32. The van der Waals surface area contributed by atoms with Gasteiger partial charge in [-0.25, -0.2) is 4.98 Å². The molecule has 24 heavy (non-hydrogen) atoms. The summed E-state index contributed by atoms with van der Waals surface area (Å²) in [6, 6.07) is 3.73. The lowest BCUT2D eigenvalue weighted by atomic mass is 9.97. The highest BCUT2D eigenvalue weighted by molar-refractivity contribution is 5.96. The van der Waals surface area contributed by atoms with Gasteiger partial charge in [-0.15, -0.1) is 0 Å². The third-order valence-corrected chi connectivity index (χ3v) is 3.59. The van der Waals surface area contributed by atoms with Crippen LogP contribution >= 0.6 is 0 Å². The molecule has 1 aromatic carbocycles. The van der Waals surface area contributed by atoms with Gasteiger partial charge in [0.15, 0.2) is 0 Å². The molecule has 0 fully saturated rings. The number of carbonyl (C=O) groups is 1. The first-order chi connectivity index (χ1) is 11.3. The predicted octanol–water partition coefficient (Wildman–Crippen LogP) is 3.91. The van der Waals surface area contributed by atoms with E-state index in [-0.39, 0.29) is 5.91 Å². The van der Waals surface area contributed by atoms with E-state index in [1.807, 2.05) is 0 Å². The molecule has 0 radical (unpaired) electrons. The molecule has 0 aliphatic carbocycles. The zero-order chi connectivity index (χ0) is 17.5. The number of amides is 1. The first kappa shape index (κ1) is 16.0. The van der Waals surface area contributed by atoms with Crippen LogP contribution in [0.1, 0.15) is 18.1 Å². The number of hydrogen-bond acceptors (Lipinski definition) is 3. The van der Waals surface area contributed by atoms with Gasteiger partial charge in [-0.1, -0.05) is 0 Å². The number of halogens is 3. The van der Waals surface area contributed by atoms with Crippen molar-refractivity contribution in [1.29, 1.82) is 0 Å². The van der Waals surface area contributed by atoms with Crippen molar-refractivity contribution in [2.75, 3.05) is 5.32 Å². The van der Waals surface area contributed by atoms with Crippen molar-refractivity contribution in [3.63, 3.8) is 0 Å². The minimum absolute atomic E-state index is 0.272. The fourth-order valence-corrected chi connectivity index (χ4v) is 2.52. The summed E-state index contributed by atoms with van der Waals surface area (Å²) in [5.74, 6) is 0.0742. The standard InChI is InChI=1S/C16H13F3N4O/c1-8-3-15(22-9(2)24)20-6-12(8)11-4-10(16(17,18)19)5-14-13(11)7-21-23-14/h3-7H,1-2H3,(H,21,23)(H,20,22,24). The van der Waals surface area contributed by atoms with E-state index in [1.165, 1.54) is 19.3 Å². The van der Waals surface area contributed by atoms with Gasteiger partial charge < -0.3 is 5.32 Å². The quantitative estimate of drug-likeness (QED) is 0.746. The Bertz CT molecular complexity index is 931. The SMILES string of the molecule is CC(=O)Nc1cc(C)c(-c2cc(C(F)(F)F)cc3[nH]ncc23)cn1. The number of anilines is 1. The molecule has 0 saturated heterocycles. The lowest BCUT2D eigenvalue weighted by molar-refractivity contribution is -0.137. The predicted molar refractivity (Wildman–Crippen MR) is 83.4 cm³/mol. The van der Waals surface area contributed by atoms with Gasteiger partial charge >= 0.3 is 6.18 Å². The fraction of sp³-hybridized carbons (Fsp3) is 0.188. The summed E-state index contributed by atoms with van der Waals surface area (Å²) >= 11 is 0. The van der Waals surface area contributed by atoms with E-state index in [4.69, 9.17) is 0 Å². The molecular weight excluding hydrogens is 321 g/mol. The molecule has 1 amide bonds. The fourth-order valence-electron chi connectivity index (χ4n) is 2.52. The van der Waals surface area contributed by atoms with Gasteiger partial charge in [-0.3, -0.25) is 9.89 Å². The molecule has 124 valence electrons. The van der Waals surface area contributed by atoms with E-state index in [9.17, 15) is 18.0 Å². The largest absolute Gasteiger partial charge is 0.416 e. The van der Waals surface area contributed by atoms with Crippen molar-refractivity contribution >= 4 is 22.6 Å². The molecule has 0 spiro atoms. The number of pyridine rings is 1. The molecule has 0 unspecified atom stereocenters. The molecule has 2 N–H and O–H groups in total. The van der Waals surface area contributed by atoms with Crippen LogP contribution in [-0.4, -0.2) is 21.1 Å². The van der Waals surface area contributed by atoms with Gasteiger partial charge in [0.25, 0.3) is 0 Å². The Hall–Kier alpha value is -2.90. The molecule has 0 aliphatic rings. The van der Waals surface area contributed by atoms with Crippen molar-refractivity contribution in [3.05, 3.63) is 41.7 Å². The van der Waals surface area contributed by atoms with Crippen molar-refractivity contribution in [2.24, 2.45) is 0 Å². The Morgan fingerprint density at radius 2 is 1.92 bits per heavy atom. The third kappa shape index (κ3) is 2.94. The van der Waals surface area contributed by atoms with Crippen LogP contribution in [0.3, 0.4) is 0 Å². The smallest absolute Gasteiger partial charge is 0.311 e. The Morgan fingerprint density at radius 1 is 1.17 bits per heavy atom. The summed E-state index contributed by atoms with van der Waals surface area (Å²) in [4.78, 5) is 15.2. The van der Waals surface area contributed by atoms with Crippen LogP contribution in [0.4, 0.5) is 19.0 Å². The number of alkyl halides is 3. The van der Waals surface area contributed by atoms with Crippen molar-refractivity contribution in [3.8, 4) is 11.1 Å². The molecular formula is C16H13F3N4O. The summed E-state index contributed by atoms with van der Waals surface area (Å²) < 4.78 is 39.4. The lowest BCUT2D eigenvalue weighted by Gasteiger charge is -2.13. The van der Waals surface area contributed by atoms with Crippen molar-refractivity contribution in [1.82, 2.24) is 15.2 Å². The monoisotopic (exact) mass is 334 g/mol. The number of nitrogens with one attached hydrogen (secondary N) is 2. The van der Waals surface area contributed by atoms with Gasteiger partial charge in [-0.05, 0) is 36.2 Å². The number of aromatic nitrogens is 3. The van der Waals surface area contributed by atoms with E-state index in [1.54, 1.807) is 13.0 Å². The van der Waals surface area contributed by atoms with Gasteiger partial charge in [-0.2, -0.15) is 18.3 Å². The lowest BCUT2D eigenvalue weighted by Crippen LogP contribution is -2.08. The number of aromatic amines is 1. The first-order valence-electron chi connectivity index (χ1n) is 7.04. The zero-order valence-electron chi connectivity index (χ0n) is 12.8. The zero-order valence-corrected chi connectivity index (χ0v) is 12.8. The summed E-state index contributed by atoms with van der Waals surface area (Å²) in [5.41, 5.74) is 1.15. The number of rotatable bonds is 2. The van der Waals surface area contributed by atoms with E-state index in [2.05, 4.69) is 20.5 Å². The number of H-pyrrole nitrogens is 1. The maximum Gasteiger partial charge on any atom is 0.416 e. The van der Waals surface area contributed by atoms with Crippen LogP contribution in [-0.2, 0) is 11.0 Å². The number of benzene rings is 1. The number of fused-ring (bicyclic) bond motifs is 1. The Balaban J connectivity index is 2.18. The second-order valence-electron chi connectivity index (χ2n) is 5.42. The molecule has 0 atom stereocenters. The molecule has 0 saturated carbocycles. The van der Waals surface area contributed by atoms with Crippen LogP contribution < -0.4 is 5.32 Å². The molecule has 2 aromatic heterocycles. The summed E-state index contributed by atoms with van der Waals surface area (Å²) in [6.07, 6.45) is -1.54. The molecule has 3 aromatic rings. The van der Waals surface area contributed by atoms with Gasteiger partial charge in [0.2, 0.25) is 5.91 Å². The van der Waals surface area contributed by atoms with E-state index in [0.29, 0.717) is 33.4 Å². The second kappa shape index (κ2) is 5.63. The van der Waals surface area contributed by atoms with Crippen LogP contribution in [0.2, 0.25) is 0 Å². The molecule has 0 aliphatic heterocycles. The molecule has 3 rings (SSSR count). The Labute approximate surface area is 134 Å². The van der Waals surface area contributed by atoms with Crippen LogP contribution in [0.15, 0.2) is 30.6 Å². The number of nitrogens with zero attached hydrogens (tertiary/aromatic N) is 2. The maximum atomic E-state index is 13.1. The second-order valence-corrected chi connectivity index (χ2v) is 5.42. The number of hydrogen-bond donors (Lipinski definition) is 2. The normalized spacial score (nSPS) is 11.7. The average molecular weight is 334 g/mol. The minimum Gasteiger partial charge on any atom is -0.311 e. The highest BCUT2D eigenvalue weighted by Crippen LogP contribution is 2.37. The number of aryl methyl sites for hydroxylation is 1. The van der Waals surface area contributed by atoms with E-state index in [0.717, 1.165) is 12.1 Å². The maximum absolute atomic E-state index is 13.1. The number of carbonyl (C=O) groups excluding carboxylic acids is 1. The third-order valence-electron chi connectivity index (χ3n) is 3.59. The van der Waals surface area contributed by atoms with Crippen LogP contribution in [0, 0.1) is 6.92 Å². The van der Waals surface area contributed by atoms with Crippen molar-refractivity contribution < 1.29 is 18.0 Å². The Kier molecular flexibility index (Phi) is 3.75. The van der Waals surface area contributed by atoms with E-state index >= 15 is 0 Å². The minimum atomic E-state index is -4.47. The van der Waals surface area contributed by atoms with E-state index < -0.39 is 11.7 Å². The molecule has 0 bridgehead atoms. The van der Waals surface area contributed by atoms with Gasteiger partial charge in [0, 0.05) is 24.1 Å². The Morgan fingerprint density at radius 3 is 2.54 bits per heavy atom. The topological polar surface area (TPSA) is 70.7 Å². The van der Waals surface area contributed by atoms with Crippen molar-refractivity contribution in [2.45, 2.75) is 20.0 Å².